The summed E-state index contributed by atoms with van der Waals surface area (Å²) in [7, 11) is 4.26. The largest absolute Gasteiger partial charge is 0.497 e. The monoisotopic (exact) mass is 481 g/mol. The predicted molar refractivity (Wildman–Crippen MR) is 131 cm³/mol. The van der Waals surface area contributed by atoms with E-state index in [2.05, 4.69) is 72.1 Å². The molecule has 0 saturated heterocycles. The lowest BCUT2D eigenvalue weighted by Crippen LogP contribution is -2.15. The van der Waals surface area contributed by atoms with Gasteiger partial charge in [0.25, 0.3) is 11.4 Å². The van der Waals surface area contributed by atoms with Crippen LogP contribution in [0, 0.1) is 30.3 Å². The minimum atomic E-state index is -1.21. The SMILES string of the molecule is CN(C)CCCn1c2ccccc2c2ccccc21.O=[N+]([O-])c1cc([N+](=O)[O-])c(O)c([N+](=O)[O-])c1. The van der Waals surface area contributed by atoms with Gasteiger partial charge in [0.15, 0.2) is 0 Å². The third-order valence-corrected chi connectivity index (χ3v) is 5.33. The van der Waals surface area contributed by atoms with Gasteiger partial charge in [0, 0.05) is 28.4 Å². The van der Waals surface area contributed by atoms with Crippen LogP contribution in [-0.4, -0.2) is 50.0 Å². The Labute approximate surface area is 199 Å². The van der Waals surface area contributed by atoms with Gasteiger partial charge in [0.1, 0.15) is 0 Å². The summed E-state index contributed by atoms with van der Waals surface area (Å²) in [6.45, 7) is 2.20. The summed E-state index contributed by atoms with van der Waals surface area (Å²) in [6, 6.07) is 18.3. The maximum Gasteiger partial charge on any atom is 0.324 e. The van der Waals surface area contributed by atoms with Crippen LogP contribution in [0.15, 0.2) is 60.7 Å². The molecule has 0 fully saturated rings. The number of phenols is 1. The molecule has 4 rings (SSSR count). The molecule has 0 radical (unpaired) electrons. The fourth-order valence-corrected chi connectivity index (χ4v) is 3.76. The third kappa shape index (κ3) is 5.50. The van der Waals surface area contributed by atoms with Crippen LogP contribution >= 0.6 is 0 Å². The Balaban J connectivity index is 0.000000199. The highest BCUT2D eigenvalue weighted by Crippen LogP contribution is 2.39. The molecule has 12 nitrogen and oxygen atoms in total. The number of hydrogen-bond acceptors (Lipinski definition) is 8. The van der Waals surface area contributed by atoms with E-state index in [0.717, 1.165) is 13.1 Å². The van der Waals surface area contributed by atoms with Gasteiger partial charge in [0.05, 0.1) is 26.9 Å². The molecule has 0 amide bonds. The third-order valence-electron chi connectivity index (χ3n) is 5.33. The molecule has 0 atom stereocenters. The standard InChI is InChI=1S/C17H20N2.C6H3N3O7/c1-18(2)12-7-13-19-16-10-5-3-8-14(16)15-9-4-6-11-17(15)19;10-6-4(8(13)14)1-3(7(11)12)2-5(6)9(15)16/h3-6,8-11H,7,12-13H2,1-2H3;1-2,10H. The summed E-state index contributed by atoms with van der Waals surface area (Å²) in [4.78, 5) is 30.0. The zero-order valence-corrected chi connectivity index (χ0v) is 19.0. The molecular formula is C23H23N5O7. The number of nitro benzene ring substituents is 3. The molecule has 0 saturated carbocycles. The highest BCUT2D eigenvalue weighted by molar-refractivity contribution is 6.07. The second kappa shape index (κ2) is 10.6. The molecule has 182 valence electrons. The van der Waals surface area contributed by atoms with Crippen LogP contribution in [0.5, 0.6) is 5.75 Å². The van der Waals surface area contributed by atoms with E-state index >= 15 is 0 Å². The quantitative estimate of drug-likeness (QED) is 0.289. The van der Waals surface area contributed by atoms with Gasteiger partial charge in [-0.2, -0.15) is 0 Å². The fourth-order valence-electron chi connectivity index (χ4n) is 3.76. The lowest BCUT2D eigenvalue weighted by atomic mass is 10.2. The van der Waals surface area contributed by atoms with Crippen LogP contribution in [-0.2, 0) is 6.54 Å². The van der Waals surface area contributed by atoms with E-state index in [1.54, 1.807) is 0 Å². The van der Waals surface area contributed by atoms with E-state index in [1.165, 1.54) is 28.2 Å². The number of benzene rings is 3. The summed E-state index contributed by atoms with van der Waals surface area (Å²) < 4.78 is 2.45. The average Bonchev–Trinajstić information content (AvgIpc) is 3.13. The van der Waals surface area contributed by atoms with E-state index in [0.29, 0.717) is 12.1 Å². The van der Waals surface area contributed by atoms with E-state index in [-0.39, 0.29) is 0 Å². The van der Waals surface area contributed by atoms with E-state index in [9.17, 15) is 30.3 Å². The molecular weight excluding hydrogens is 458 g/mol. The van der Waals surface area contributed by atoms with Gasteiger partial charge in [-0.15, -0.1) is 0 Å². The van der Waals surface area contributed by atoms with Crippen molar-refractivity contribution >= 4 is 38.9 Å². The molecule has 1 aromatic heterocycles. The Bertz CT molecular complexity index is 1330. The summed E-state index contributed by atoms with van der Waals surface area (Å²) in [5, 5.41) is 42.9. The number of aromatic nitrogens is 1. The first-order valence-corrected chi connectivity index (χ1v) is 10.5. The molecule has 0 bridgehead atoms. The number of phenolic OH excluding ortho intramolecular Hbond substituents is 1. The molecule has 1 N–H and O–H groups in total. The summed E-state index contributed by atoms with van der Waals surface area (Å²) >= 11 is 0. The molecule has 0 unspecified atom stereocenters. The Kier molecular flexibility index (Phi) is 7.56. The van der Waals surface area contributed by atoms with Crippen molar-refractivity contribution in [3.63, 3.8) is 0 Å². The normalized spacial score (nSPS) is 10.8. The Hall–Kier alpha value is -4.58. The number of aromatic hydroxyl groups is 1. The average molecular weight is 481 g/mol. The predicted octanol–water partition coefficient (Wildman–Crippen LogP) is 4.86. The first-order valence-electron chi connectivity index (χ1n) is 10.5. The Morgan fingerprint density at radius 2 is 1.26 bits per heavy atom. The van der Waals surface area contributed by atoms with Crippen LogP contribution in [0.1, 0.15) is 6.42 Å². The first kappa shape index (κ1) is 25.1. The molecule has 1 heterocycles. The van der Waals surface area contributed by atoms with Crippen LogP contribution in [0.4, 0.5) is 17.1 Å². The Morgan fingerprint density at radius 1 is 0.800 bits per heavy atom. The van der Waals surface area contributed by atoms with Gasteiger partial charge < -0.3 is 14.6 Å². The maximum atomic E-state index is 10.4. The van der Waals surface area contributed by atoms with E-state index in [1.807, 2.05) is 0 Å². The minimum Gasteiger partial charge on any atom is -0.497 e. The van der Waals surface area contributed by atoms with Gasteiger partial charge in [-0.3, -0.25) is 30.3 Å². The zero-order chi connectivity index (χ0) is 25.7. The lowest BCUT2D eigenvalue weighted by molar-refractivity contribution is -0.404. The van der Waals surface area contributed by atoms with Crippen molar-refractivity contribution in [2.45, 2.75) is 13.0 Å². The van der Waals surface area contributed by atoms with Crippen LogP contribution in [0.3, 0.4) is 0 Å². The second-order valence-electron chi connectivity index (χ2n) is 7.95. The highest BCUT2D eigenvalue weighted by atomic mass is 16.6. The van der Waals surface area contributed by atoms with Crippen molar-refractivity contribution in [1.82, 2.24) is 9.47 Å². The molecule has 0 spiro atoms. The van der Waals surface area contributed by atoms with Gasteiger partial charge in [-0.05, 0) is 39.2 Å². The topological polar surface area (TPSA) is 158 Å². The number of non-ortho nitro benzene ring substituents is 1. The number of nitrogens with zero attached hydrogens (tertiary/aromatic N) is 5. The number of nitro groups is 3. The van der Waals surface area contributed by atoms with Crippen molar-refractivity contribution in [1.29, 1.82) is 0 Å². The van der Waals surface area contributed by atoms with Crippen LogP contribution in [0.2, 0.25) is 0 Å². The van der Waals surface area contributed by atoms with Gasteiger partial charge in [-0.1, -0.05) is 36.4 Å². The summed E-state index contributed by atoms with van der Waals surface area (Å²) in [5.74, 6) is -1.21. The van der Waals surface area contributed by atoms with Crippen molar-refractivity contribution in [2.75, 3.05) is 20.6 Å². The van der Waals surface area contributed by atoms with Crippen LogP contribution < -0.4 is 0 Å². The smallest absolute Gasteiger partial charge is 0.324 e. The van der Waals surface area contributed by atoms with Gasteiger partial charge >= 0.3 is 11.4 Å². The van der Waals surface area contributed by atoms with Crippen LogP contribution in [0.25, 0.3) is 21.8 Å². The molecule has 4 aromatic rings. The van der Waals surface area contributed by atoms with Gasteiger partial charge in [0.2, 0.25) is 0 Å². The van der Waals surface area contributed by atoms with Gasteiger partial charge in [-0.25, -0.2) is 0 Å². The lowest BCUT2D eigenvalue weighted by Gasteiger charge is -2.11. The molecule has 0 aliphatic rings. The number of hydrogen-bond donors (Lipinski definition) is 1. The maximum absolute atomic E-state index is 10.4. The minimum absolute atomic E-state index is 0.447. The molecule has 3 aromatic carbocycles. The highest BCUT2D eigenvalue weighted by Gasteiger charge is 2.30. The molecule has 0 aliphatic carbocycles. The summed E-state index contributed by atoms with van der Waals surface area (Å²) in [5.41, 5.74) is -0.303. The van der Waals surface area contributed by atoms with Crippen molar-refractivity contribution in [2.24, 2.45) is 0 Å². The summed E-state index contributed by atoms with van der Waals surface area (Å²) in [6.07, 6.45) is 1.18. The number of aryl methyl sites for hydroxylation is 1. The van der Waals surface area contributed by atoms with Crippen molar-refractivity contribution < 1.29 is 19.9 Å². The van der Waals surface area contributed by atoms with E-state index in [4.69, 9.17) is 5.11 Å². The number of fused-ring (bicyclic) bond motifs is 3. The number of para-hydroxylation sites is 2. The molecule has 12 heteroatoms. The van der Waals surface area contributed by atoms with E-state index < -0.39 is 37.6 Å². The fraction of sp³-hybridized carbons (Fsp3) is 0.217. The second-order valence-corrected chi connectivity index (χ2v) is 7.95. The Morgan fingerprint density at radius 3 is 1.66 bits per heavy atom. The first-order chi connectivity index (χ1) is 16.6. The molecule has 35 heavy (non-hydrogen) atoms. The van der Waals surface area contributed by atoms with Crippen molar-refractivity contribution in [3.8, 4) is 5.75 Å². The van der Waals surface area contributed by atoms with Crippen molar-refractivity contribution in [3.05, 3.63) is 91.0 Å². The molecule has 0 aliphatic heterocycles. The number of rotatable bonds is 7. The zero-order valence-electron chi connectivity index (χ0n) is 19.0.